The van der Waals surface area contributed by atoms with Gasteiger partial charge in [0.05, 0.1) is 0 Å². The molecule has 2 unspecified atom stereocenters. The van der Waals surface area contributed by atoms with Gasteiger partial charge in [-0.2, -0.15) is 5.10 Å². The van der Waals surface area contributed by atoms with E-state index in [9.17, 15) is 14.4 Å². The van der Waals surface area contributed by atoms with Crippen molar-refractivity contribution in [1.82, 2.24) is 25.7 Å². The number of carbonyl (C=O) groups excluding carboxylic acids is 3. The fourth-order valence-corrected chi connectivity index (χ4v) is 7.50. The van der Waals surface area contributed by atoms with Gasteiger partial charge in [-0.1, -0.05) is 51.7 Å². The molecule has 0 spiro atoms. The molecular formula is C33H46N6O3. The molecule has 2 aromatic rings. The zero-order chi connectivity index (χ0) is 29.5. The Morgan fingerprint density at radius 3 is 2.40 bits per heavy atom. The molecule has 1 aromatic carbocycles. The van der Waals surface area contributed by atoms with Crippen LogP contribution in [0.25, 0.3) is 0 Å². The summed E-state index contributed by atoms with van der Waals surface area (Å²) in [5.74, 6) is -0.0109. The molecule has 1 saturated heterocycles. The van der Waals surface area contributed by atoms with Crippen LogP contribution in [0.15, 0.2) is 36.5 Å². The molecule has 226 valence electrons. The minimum absolute atomic E-state index is 0.00428. The maximum absolute atomic E-state index is 14.1. The fourth-order valence-electron chi connectivity index (χ4n) is 7.50. The molecule has 9 heteroatoms. The molecule has 4 N–H and O–H groups in total. The van der Waals surface area contributed by atoms with Gasteiger partial charge in [0, 0.05) is 25.5 Å². The van der Waals surface area contributed by atoms with E-state index in [-0.39, 0.29) is 34.5 Å². The van der Waals surface area contributed by atoms with E-state index < -0.39 is 11.6 Å². The first kappa shape index (κ1) is 28.9. The van der Waals surface area contributed by atoms with Crippen molar-refractivity contribution in [3.63, 3.8) is 0 Å². The van der Waals surface area contributed by atoms with Crippen LogP contribution in [0.3, 0.4) is 0 Å². The first-order valence-corrected chi connectivity index (χ1v) is 15.9. The van der Waals surface area contributed by atoms with Crippen molar-refractivity contribution in [3.8, 4) is 0 Å². The lowest BCUT2D eigenvalue weighted by Gasteiger charge is -2.42. The highest BCUT2D eigenvalue weighted by Gasteiger charge is 2.54. The second-order valence-electron chi connectivity index (χ2n) is 14.0. The number of amides is 3. The van der Waals surface area contributed by atoms with E-state index in [1.165, 1.54) is 17.5 Å². The number of carbonyl (C=O) groups is 3. The van der Waals surface area contributed by atoms with Crippen LogP contribution >= 0.6 is 0 Å². The lowest BCUT2D eigenvalue weighted by molar-refractivity contribution is -0.128. The summed E-state index contributed by atoms with van der Waals surface area (Å²) in [6, 6.07) is 8.69. The second kappa shape index (κ2) is 11.1. The van der Waals surface area contributed by atoms with Gasteiger partial charge in [0.2, 0.25) is 11.8 Å². The van der Waals surface area contributed by atoms with Crippen molar-refractivity contribution in [2.45, 2.75) is 89.6 Å². The predicted molar refractivity (Wildman–Crippen MR) is 162 cm³/mol. The molecule has 3 amide bonds. The highest BCUT2D eigenvalue weighted by molar-refractivity contribution is 6.01. The number of aromatic nitrogens is 2. The topological polar surface area (TPSA) is 117 Å². The fraction of sp³-hybridized carbons (Fsp3) is 0.636. The number of aryl methyl sites for hydroxylation is 1. The van der Waals surface area contributed by atoms with Crippen molar-refractivity contribution in [2.24, 2.45) is 29.7 Å². The zero-order valence-electron chi connectivity index (χ0n) is 25.3. The molecule has 6 rings (SSSR count). The number of hydrogen-bond acceptors (Lipinski definition) is 5. The molecule has 2 heterocycles. The third-order valence-corrected chi connectivity index (χ3v) is 10.9. The lowest BCUT2D eigenvalue weighted by Crippen LogP contribution is -2.54. The van der Waals surface area contributed by atoms with Crippen LogP contribution in [0.1, 0.15) is 94.1 Å². The van der Waals surface area contributed by atoms with Crippen molar-refractivity contribution in [3.05, 3.63) is 47.8 Å². The summed E-state index contributed by atoms with van der Waals surface area (Å²) in [4.78, 5) is 41.2. The highest BCUT2D eigenvalue weighted by Crippen LogP contribution is 2.58. The van der Waals surface area contributed by atoms with Crippen LogP contribution in [-0.4, -0.2) is 46.6 Å². The van der Waals surface area contributed by atoms with Gasteiger partial charge in [0.1, 0.15) is 17.3 Å². The highest BCUT2D eigenvalue weighted by atomic mass is 16.2. The Morgan fingerprint density at radius 2 is 1.83 bits per heavy atom. The normalized spacial score (nSPS) is 25.4. The Balaban J connectivity index is 1.24. The van der Waals surface area contributed by atoms with E-state index >= 15 is 0 Å². The number of hydrogen-bond donors (Lipinski definition) is 4. The molecule has 4 fully saturated rings. The molecular weight excluding hydrogens is 528 g/mol. The molecule has 0 bridgehead atoms. The molecule has 42 heavy (non-hydrogen) atoms. The summed E-state index contributed by atoms with van der Waals surface area (Å²) < 4.78 is 1.54. The van der Waals surface area contributed by atoms with Gasteiger partial charge in [-0.3, -0.25) is 24.4 Å². The summed E-state index contributed by atoms with van der Waals surface area (Å²) in [5, 5.41) is 17.2. The van der Waals surface area contributed by atoms with Gasteiger partial charge < -0.3 is 16.0 Å². The second-order valence-corrected chi connectivity index (χ2v) is 14.0. The first-order chi connectivity index (χ1) is 20.1. The van der Waals surface area contributed by atoms with Crippen molar-refractivity contribution < 1.29 is 14.4 Å². The monoisotopic (exact) mass is 574 g/mol. The Bertz CT molecular complexity index is 1330. The van der Waals surface area contributed by atoms with E-state index in [0.717, 1.165) is 57.1 Å². The van der Waals surface area contributed by atoms with E-state index in [4.69, 9.17) is 0 Å². The molecule has 4 aliphatic rings. The Morgan fingerprint density at radius 1 is 1.05 bits per heavy atom. The van der Waals surface area contributed by atoms with Crippen LogP contribution in [0.4, 0.5) is 5.69 Å². The minimum Gasteiger partial charge on any atom is -0.354 e. The van der Waals surface area contributed by atoms with Gasteiger partial charge in [-0.05, 0) is 91.5 Å². The summed E-state index contributed by atoms with van der Waals surface area (Å²) in [5.41, 5.74) is 1.34. The van der Waals surface area contributed by atoms with Gasteiger partial charge in [0.15, 0.2) is 0 Å². The van der Waals surface area contributed by atoms with E-state index in [1.807, 2.05) is 24.3 Å². The van der Waals surface area contributed by atoms with Crippen molar-refractivity contribution in [2.75, 3.05) is 18.4 Å². The van der Waals surface area contributed by atoms with Crippen LogP contribution in [0, 0.1) is 22.7 Å². The predicted octanol–water partition coefficient (Wildman–Crippen LogP) is 4.26. The molecule has 3 aliphatic carbocycles. The number of nitrogens with zero attached hydrogens (tertiary/aromatic N) is 2. The summed E-state index contributed by atoms with van der Waals surface area (Å²) >= 11 is 0. The Hall–Kier alpha value is -3.20. The summed E-state index contributed by atoms with van der Waals surface area (Å²) in [7, 11) is 1.73. The lowest BCUT2D eigenvalue weighted by atomic mass is 9.66. The first-order valence-electron chi connectivity index (χ1n) is 15.9. The maximum Gasteiger partial charge on any atom is 0.270 e. The van der Waals surface area contributed by atoms with Gasteiger partial charge >= 0.3 is 0 Å². The zero-order valence-corrected chi connectivity index (χ0v) is 25.3. The molecule has 3 atom stereocenters. The molecule has 0 radical (unpaired) electrons. The smallest absolute Gasteiger partial charge is 0.270 e. The van der Waals surface area contributed by atoms with E-state index in [0.29, 0.717) is 30.3 Å². The largest absolute Gasteiger partial charge is 0.354 e. The number of rotatable bonds is 11. The number of benzene rings is 1. The van der Waals surface area contributed by atoms with Gasteiger partial charge in [-0.25, -0.2) is 0 Å². The van der Waals surface area contributed by atoms with E-state index in [1.54, 1.807) is 19.3 Å². The van der Waals surface area contributed by atoms with Crippen LogP contribution in [0.5, 0.6) is 0 Å². The van der Waals surface area contributed by atoms with Crippen molar-refractivity contribution >= 4 is 23.4 Å². The quantitative estimate of drug-likeness (QED) is 0.320. The minimum atomic E-state index is -0.816. The standard InChI is InChI=1S/C33H46N6O3/c1-31(13-6-14-31)21-34-30(42)33(15-7-18-35-33)23-10-5-11-24(20-23)37-29(41)27(38-28(40)25-12-19-36-39(25)3)26(22-8-4-9-22)32(2)16-17-32/h5,10-12,19-20,22,26-27,35H,4,6-9,13-18,21H2,1-3H3,(H,34,42)(H,37,41)(H,38,40)/t26?,27-,33?/m0/s1. The van der Waals surface area contributed by atoms with Crippen LogP contribution in [0.2, 0.25) is 0 Å². The van der Waals surface area contributed by atoms with Gasteiger partial charge in [-0.15, -0.1) is 0 Å². The van der Waals surface area contributed by atoms with Gasteiger partial charge in [0.25, 0.3) is 5.91 Å². The molecule has 1 aromatic heterocycles. The Labute approximate surface area is 249 Å². The van der Waals surface area contributed by atoms with Crippen LogP contribution < -0.4 is 21.3 Å². The SMILES string of the molecule is Cn1nccc1C(=O)N[C@H](C(=O)Nc1cccc(C2(C(=O)NCC3(C)CCC3)CCCN2)c1)C(C1CCC1)C1(C)CC1. The summed E-state index contributed by atoms with van der Waals surface area (Å²) in [6.45, 7) is 5.95. The average molecular weight is 575 g/mol. The van der Waals surface area contributed by atoms with E-state index in [2.05, 4.69) is 40.2 Å². The van der Waals surface area contributed by atoms with Crippen molar-refractivity contribution in [1.29, 1.82) is 0 Å². The third-order valence-electron chi connectivity index (χ3n) is 10.9. The van der Waals surface area contributed by atoms with Crippen LogP contribution in [-0.2, 0) is 22.2 Å². The molecule has 1 aliphatic heterocycles. The Kier molecular flexibility index (Phi) is 7.66. The number of anilines is 1. The maximum atomic E-state index is 14.1. The third kappa shape index (κ3) is 5.48. The number of nitrogens with one attached hydrogen (secondary N) is 4. The molecule has 9 nitrogen and oxygen atoms in total. The average Bonchev–Trinajstić information content (AvgIpc) is 3.28. The molecule has 3 saturated carbocycles. The summed E-state index contributed by atoms with van der Waals surface area (Å²) in [6.07, 6.45) is 12.2.